The van der Waals surface area contributed by atoms with Crippen molar-refractivity contribution in [2.24, 2.45) is 0 Å². The van der Waals surface area contributed by atoms with Gasteiger partial charge in [-0.15, -0.1) is 0 Å². The molecule has 2 aromatic rings. The van der Waals surface area contributed by atoms with Gasteiger partial charge in [-0.1, -0.05) is 79.9 Å². The van der Waals surface area contributed by atoms with Gasteiger partial charge in [-0.2, -0.15) is 0 Å². The van der Waals surface area contributed by atoms with Crippen LogP contribution in [0.1, 0.15) is 56.1 Å². The summed E-state index contributed by atoms with van der Waals surface area (Å²) < 4.78 is 13.1. The third-order valence-corrected chi connectivity index (χ3v) is 7.67. The lowest BCUT2D eigenvalue weighted by Gasteiger charge is -2.41. The number of nitrogens with zero attached hydrogens (tertiary/aromatic N) is 1. The van der Waals surface area contributed by atoms with Gasteiger partial charge in [0.05, 0.1) is 37.5 Å². The Morgan fingerprint density at radius 1 is 0.719 bits per heavy atom. The molecule has 4 heteroatoms. The molecule has 1 aliphatic carbocycles. The molecule has 1 saturated carbocycles. The molecule has 2 heterocycles. The highest BCUT2D eigenvalue weighted by molar-refractivity contribution is 5.15. The molecule has 0 amide bonds. The van der Waals surface area contributed by atoms with Gasteiger partial charge in [-0.3, -0.25) is 4.90 Å². The first kappa shape index (κ1) is 22.1. The van der Waals surface area contributed by atoms with Crippen molar-refractivity contribution in [3.63, 3.8) is 0 Å². The van der Waals surface area contributed by atoms with Crippen molar-refractivity contribution in [1.29, 1.82) is 0 Å². The molecule has 0 aromatic heterocycles. The minimum atomic E-state index is 0.243. The van der Waals surface area contributed by atoms with Crippen LogP contribution in [-0.4, -0.2) is 48.3 Å². The second-order valence-corrected chi connectivity index (χ2v) is 9.75. The molecular formula is C28H38N2O2. The van der Waals surface area contributed by atoms with Gasteiger partial charge < -0.3 is 14.8 Å². The maximum atomic E-state index is 6.61. The lowest BCUT2D eigenvalue weighted by Crippen LogP contribution is -2.56. The molecule has 0 radical (unpaired) electrons. The lowest BCUT2D eigenvalue weighted by molar-refractivity contribution is -0.0412. The van der Waals surface area contributed by atoms with Crippen LogP contribution in [0.3, 0.4) is 0 Å². The first-order chi connectivity index (χ1) is 15.9. The minimum absolute atomic E-state index is 0.243. The van der Waals surface area contributed by atoms with Crippen molar-refractivity contribution in [2.75, 3.05) is 13.1 Å². The molecule has 4 nitrogen and oxygen atoms in total. The van der Waals surface area contributed by atoms with Crippen LogP contribution in [-0.2, 0) is 22.7 Å². The predicted molar refractivity (Wildman–Crippen MR) is 128 cm³/mol. The topological polar surface area (TPSA) is 33.7 Å². The van der Waals surface area contributed by atoms with E-state index in [-0.39, 0.29) is 12.2 Å². The first-order valence-electron chi connectivity index (χ1n) is 12.7. The van der Waals surface area contributed by atoms with Crippen LogP contribution < -0.4 is 5.32 Å². The molecule has 0 unspecified atom stereocenters. The lowest BCUT2D eigenvalue weighted by atomic mass is 9.91. The van der Waals surface area contributed by atoms with E-state index in [1.54, 1.807) is 0 Å². The van der Waals surface area contributed by atoms with Crippen LogP contribution >= 0.6 is 0 Å². The fraction of sp³-hybridized carbons (Fsp3) is 0.571. The molecule has 3 aliphatic rings. The van der Waals surface area contributed by atoms with Gasteiger partial charge in [0.15, 0.2) is 0 Å². The van der Waals surface area contributed by atoms with Gasteiger partial charge in [-0.05, 0) is 43.4 Å². The van der Waals surface area contributed by atoms with Gasteiger partial charge in [0, 0.05) is 12.6 Å². The Bertz CT molecular complexity index is 809. The maximum absolute atomic E-state index is 6.61. The number of benzene rings is 2. The Morgan fingerprint density at radius 2 is 1.34 bits per heavy atom. The molecular weight excluding hydrogens is 396 g/mol. The third-order valence-electron chi connectivity index (χ3n) is 7.67. The average Bonchev–Trinajstić information content (AvgIpc) is 3.49. The van der Waals surface area contributed by atoms with E-state index >= 15 is 0 Å². The number of hydrogen-bond donors (Lipinski definition) is 1. The zero-order valence-corrected chi connectivity index (χ0v) is 19.2. The summed E-state index contributed by atoms with van der Waals surface area (Å²) in [7, 11) is 0. The quantitative estimate of drug-likeness (QED) is 0.639. The Kier molecular flexibility index (Phi) is 7.55. The van der Waals surface area contributed by atoms with E-state index in [2.05, 4.69) is 70.9 Å². The minimum Gasteiger partial charge on any atom is -0.372 e. The summed E-state index contributed by atoms with van der Waals surface area (Å²) in [5, 5.41) is 3.84. The fourth-order valence-corrected chi connectivity index (χ4v) is 6.05. The highest BCUT2D eigenvalue weighted by Gasteiger charge is 2.47. The van der Waals surface area contributed by atoms with E-state index in [9.17, 15) is 0 Å². The van der Waals surface area contributed by atoms with E-state index in [4.69, 9.17) is 9.47 Å². The zero-order chi connectivity index (χ0) is 21.6. The van der Waals surface area contributed by atoms with Gasteiger partial charge in [0.1, 0.15) is 0 Å². The van der Waals surface area contributed by atoms with Crippen LogP contribution in [0.2, 0.25) is 0 Å². The standard InChI is InChI=1S/C28H38N2O2/c1-4-10-22(11-5-1)20-31-25-16-18-29-27(25)28-26(32-21-23-12-6-2-7-13-23)17-19-30(28)24-14-8-3-9-15-24/h1-2,4-7,10-13,24-29H,3,8-9,14-21H2/t25-,26-,27-,28-/m1/s1. The smallest absolute Gasteiger partial charge is 0.0763 e. The van der Waals surface area contributed by atoms with Crippen LogP contribution in [0, 0.1) is 0 Å². The van der Waals surface area contributed by atoms with E-state index < -0.39 is 0 Å². The van der Waals surface area contributed by atoms with Crippen LogP contribution in [0.4, 0.5) is 0 Å². The van der Waals surface area contributed by atoms with Crippen molar-refractivity contribution in [3.05, 3.63) is 71.8 Å². The van der Waals surface area contributed by atoms with Gasteiger partial charge >= 0.3 is 0 Å². The highest BCUT2D eigenvalue weighted by atomic mass is 16.5. The Labute approximate surface area is 193 Å². The summed E-state index contributed by atoms with van der Waals surface area (Å²) in [6, 6.07) is 22.6. The second-order valence-electron chi connectivity index (χ2n) is 9.75. The molecule has 2 saturated heterocycles. The summed E-state index contributed by atoms with van der Waals surface area (Å²) in [6.07, 6.45) is 9.52. The maximum Gasteiger partial charge on any atom is 0.0763 e. The van der Waals surface area contributed by atoms with E-state index in [1.807, 2.05) is 0 Å². The molecule has 5 rings (SSSR count). The number of ether oxygens (including phenoxy) is 2. The van der Waals surface area contributed by atoms with Gasteiger partial charge in [-0.25, -0.2) is 0 Å². The van der Waals surface area contributed by atoms with Gasteiger partial charge in [0.25, 0.3) is 0 Å². The molecule has 0 bridgehead atoms. The molecule has 2 aromatic carbocycles. The van der Waals surface area contributed by atoms with Crippen LogP contribution in [0.15, 0.2) is 60.7 Å². The second kappa shape index (κ2) is 10.9. The number of nitrogens with one attached hydrogen (secondary N) is 1. The number of rotatable bonds is 8. The van der Waals surface area contributed by atoms with E-state index in [0.717, 1.165) is 25.9 Å². The molecule has 4 atom stereocenters. The Morgan fingerprint density at radius 3 is 2.00 bits per heavy atom. The third kappa shape index (κ3) is 5.26. The van der Waals surface area contributed by atoms with Crippen molar-refractivity contribution < 1.29 is 9.47 Å². The predicted octanol–water partition coefficient (Wildman–Crippen LogP) is 4.93. The SMILES string of the molecule is c1ccc(CO[C@@H]2CCN[C@H]2[C@H]2[C@H](OCc3ccccc3)CCN2C2CCCCC2)cc1. The average molecular weight is 435 g/mol. The van der Waals surface area contributed by atoms with Crippen molar-refractivity contribution >= 4 is 0 Å². The molecule has 172 valence electrons. The van der Waals surface area contributed by atoms with Crippen LogP contribution in [0.5, 0.6) is 0 Å². The monoisotopic (exact) mass is 434 g/mol. The zero-order valence-electron chi connectivity index (χ0n) is 19.2. The van der Waals surface area contributed by atoms with Crippen molar-refractivity contribution in [3.8, 4) is 0 Å². The molecule has 2 aliphatic heterocycles. The van der Waals surface area contributed by atoms with E-state index in [0.29, 0.717) is 31.3 Å². The van der Waals surface area contributed by atoms with Crippen molar-refractivity contribution in [1.82, 2.24) is 10.2 Å². The Balaban J connectivity index is 1.30. The summed E-state index contributed by atoms with van der Waals surface area (Å²) in [4.78, 5) is 2.80. The van der Waals surface area contributed by atoms with Crippen molar-refractivity contribution in [2.45, 2.75) is 88.5 Å². The largest absolute Gasteiger partial charge is 0.372 e. The molecule has 0 spiro atoms. The van der Waals surface area contributed by atoms with E-state index in [1.165, 1.54) is 43.2 Å². The first-order valence-corrected chi connectivity index (χ1v) is 12.7. The summed E-state index contributed by atoms with van der Waals surface area (Å²) >= 11 is 0. The fourth-order valence-electron chi connectivity index (χ4n) is 6.05. The number of likely N-dealkylation sites (tertiary alicyclic amines) is 1. The van der Waals surface area contributed by atoms with Gasteiger partial charge in [0.2, 0.25) is 0 Å². The Hall–Kier alpha value is -1.72. The summed E-state index contributed by atoms with van der Waals surface area (Å²) in [5.41, 5.74) is 2.52. The highest BCUT2D eigenvalue weighted by Crippen LogP contribution is 2.35. The summed E-state index contributed by atoms with van der Waals surface area (Å²) in [6.45, 7) is 3.57. The molecule has 3 fully saturated rings. The summed E-state index contributed by atoms with van der Waals surface area (Å²) in [5.74, 6) is 0. The molecule has 1 N–H and O–H groups in total. The molecule has 32 heavy (non-hydrogen) atoms. The normalized spacial score (nSPS) is 29.5. The number of hydrogen-bond acceptors (Lipinski definition) is 4. The van der Waals surface area contributed by atoms with Crippen LogP contribution in [0.25, 0.3) is 0 Å².